The number of likely N-dealkylation sites (tertiary alicyclic amines) is 1. The average molecular weight is 354 g/mol. The van der Waals surface area contributed by atoms with Crippen LogP contribution in [-0.2, 0) is 11.2 Å². The third-order valence-electron chi connectivity index (χ3n) is 4.09. The van der Waals surface area contributed by atoms with Crippen molar-refractivity contribution in [2.75, 3.05) is 13.1 Å². The van der Waals surface area contributed by atoms with E-state index >= 15 is 0 Å². The van der Waals surface area contributed by atoms with E-state index in [2.05, 4.69) is 10.3 Å². The summed E-state index contributed by atoms with van der Waals surface area (Å²) in [4.78, 5) is 14.2. The van der Waals surface area contributed by atoms with Gasteiger partial charge in [0.25, 0.3) is 0 Å². The molecule has 2 N–H and O–H groups in total. The highest BCUT2D eigenvalue weighted by atomic mass is 35.5. The molecule has 1 amide bonds. The molecule has 1 aliphatic heterocycles. The van der Waals surface area contributed by atoms with Gasteiger partial charge in [0.2, 0.25) is 5.91 Å². The Bertz CT molecular complexity index is 691. The van der Waals surface area contributed by atoms with Gasteiger partial charge in [-0.1, -0.05) is 34.5 Å². The number of aryl methyl sites for hydroxylation is 1. The molecule has 3 rings (SSSR count). The van der Waals surface area contributed by atoms with Crippen LogP contribution in [0.25, 0.3) is 0 Å². The minimum atomic E-state index is -0.139. The van der Waals surface area contributed by atoms with Crippen LogP contribution in [0.1, 0.15) is 18.0 Å². The van der Waals surface area contributed by atoms with Gasteiger partial charge in [-0.05, 0) is 24.1 Å². The summed E-state index contributed by atoms with van der Waals surface area (Å²) in [5, 5.41) is 8.94. The van der Waals surface area contributed by atoms with Crippen molar-refractivity contribution in [3.8, 4) is 0 Å². The molecule has 1 aromatic carbocycles. The summed E-state index contributed by atoms with van der Waals surface area (Å²) in [7, 11) is 0. The number of halogens is 2. The van der Waals surface area contributed by atoms with Crippen LogP contribution >= 0.6 is 23.2 Å². The normalized spacial score (nSPS) is 20.9. The number of aromatic nitrogens is 3. The monoisotopic (exact) mass is 353 g/mol. The number of carbonyl (C=O) groups is 1. The molecular weight excluding hydrogens is 337 g/mol. The molecule has 122 valence electrons. The van der Waals surface area contributed by atoms with Crippen molar-refractivity contribution in [1.82, 2.24) is 19.9 Å². The van der Waals surface area contributed by atoms with Crippen molar-refractivity contribution < 1.29 is 4.79 Å². The Labute approximate surface area is 144 Å². The van der Waals surface area contributed by atoms with E-state index in [1.54, 1.807) is 34.1 Å². The van der Waals surface area contributed by atoms with E-state index in [1.165, 1.54) is 0 Å². The van der Waals surface area contributed by atoms with E-state index in [0.717, 1.165) is 5.56 Å². The molecule has 0 unspecified atom stereocenters. The number of nitrogens with two attached hydrogens (primary N) is 1. The molecule has 0 bridgehead atoms. The van der Waals surface area contributed by atoms with Crippen LogP contribution in [0.5, 0.6) is 0 Å². The molecule has 0 saturated carbocycles. The molecule has 1 aromatic heterocycles. The van der Waals surface area contributed by atoms with E-state index in [-0.39, 0.29) is 18.0 Å². The second-order valence-electron chi connectivity index (χ2n) is 5.65. The van der Waals surface area contributed by atoms with Crippen molar-refractivity contribution in [3.05, 3.63) is 46.2 Å². The fraction of sp³-hybridized carbons (Fsp3) is 0.400. The van der Waals surface area contributed by atoms with E-state index in [1.807, 2.05) is 6.07 Å². The van der Waals surface area contributed by atoms with Crippen LogP contribution in [0, 0.1) is 0 Å². The first-order chi connectivity index (χ1) is 11.0. The molecule has 23 heavy (non-hydrogen) atoms. The number of carbonyl (C=O) groups excluding carboxylic acids is 1. The molecule has 1 saturated heterocycles. The van der Waals surface area contributed by atoms with Crippen LogP contribution in [0.4, 0.5) is 0 Å². The Morgan fingerprint density at radius 2 is 2.17 bits per heavy atom. The lowest BCUT2D eigenvalue weighted by atomic mass is 10.1. The third-order valence-corrected chi connectivity index (χ3v) is 4.68. The molecule has 0 aliphatic carbocycles. The molecule has 0 radical (unpaired) electrons. The number of benzene rings is 1. The molecule has 6 nitrogen and oxygen atoms in total. The van der Waals surface area contributed by atoms with Crippen molar-refractivity contribution in [2.24, 2.45) is 5.73 Å². The Kier molecular flexibility index (Phi) is 4.84. The molecular formula is C15H17Cl2N5O. The first kappa shape index (κ1) is 16.2. The highest BCUT2D eigenvalue weighted by molar-refractivity contribution is 6.35. The zero-order valence-electron chi connectivity index (χ0n) is 12.4. The van der Waals surface area contributed by atoms with Crippen LogP contribution in [0.2, 0.25) is 10.0 Å². The molecule has 2 aromatic rings. The fourth-order valence-electron chi connectivity index (χ4n) is 2.81. The van der Waals surface area contributed by atoms with E-state index in [0.29, 0.717) is 36.0 Å². The summed E-state index contributed by atoms with van der Waals surface area (Å²) in [5.74, 6) is 0.0640. The van der Waals surface area contributed by atoms with Gasteiger partial charge in [-0.3, -0.25) is 4.79 Å². The summed E-state index contributed by atoms with van der Waals surface area (Å²) in [6, 6.07) is 5.15. The smallest absolute Gasteiger partial charge is 0.223 e. The summed E-state index contributed by atoms with van der Waals surface area (Å²) in [6.07, 6.45) is 4.35. The lowest BCUT2D eigenvalue weighted by Crippen LogP contribution is -2.33. The summed E-state index contributed by atoms with van der Waals surface area (Å²) in [6.45, 7) is 1.08. The topological polar surface area (TPSA) is 77.0 Å². The second-order valence-corrected chi connectivity index (χ2v) is 6.49. The Hall–Kier alpha value is -1.63. The third kappa shape index (κ3) is 3.65. The highest BCUT2D eigenvalue weighted by Gasteiger charge is 2.34. The van der Waals surface area contributed by atoms with Gasteiger partial charge in [0, 0.05) is 41.8 Å². The number of rotatable bonds is 4. The summed E-state index contributed by atoms with van der Waals surface area (Å²) < 4.78 is 1.72. The lowest BCUT2D eigenvalue weighted by molar-refractivity contribution is -0.130. The van der Waals surface area contributed by atoms with Gasteiger partial charge in [0.1, 0.15) is 0 Å². The molecule has 8 heteroatoms. The zero-order chi connectivity index (χ0) is 16.4. The van der Waals surface area contributed by atoms with Gasteiger partial charge in [-0.15, -0.1) is 5.10 Å². The quantitative estimate of drug-likeness (QED) is 0.910. The van der Waals surface area contributed by atoms with Gasteiger partial charge < -0.3 is 10.6 Å². The van der Waals surface area contributed by atoms with E-state index in [4.69, 9.17) is 28.9 Å². The minimum Gasteiger partial charge on any atom is -0.339 e. The number of hydrogen-bond donors (Lipinski definition) is 1. The molecule has 2 heterocycles. The van der Waals surface area contributed by atoms with Crippen LogP contribution in [-0.4, -0.2) is 44.9 Å². The van der Waals surface area contributed by atoms with Crippen LogP contribution < -0.4 is 5.73 Å². The second kappa shape index (κ2) is 6.86. The van der Waals surface area contributed by atoms with Crippen molar-refractivity contribution in [3.63, 3.8) is 0 Å². The number of nitrogens with zero attached hydrogens (tertiary/aromatic N) is 4. The number of hydrogen-bond acceptors (Lipinski definition) is 4. The lowest BCUT2D eigenvalue weighted by Gasteiger charge is -2.16. The Balaban J connectivity index is 1.59. The maximum Gasteiger partial charge on any atom is 0.223 e. The van der Waals surface area contributed by atoms with Crippen molar-refractivity contribution >= 4 is 29.1 Å². The maximum absolute atomic E-state index is 12.4. The SMILES string of the molecule is N[C@@H]1CN(C(=O)CCc2ccc(Cl)cc2Cl)C[C@@H]1n1ccnn1. The standard InChI is InChI=1S/C15H17Cl2N5O/c16-11-3-1-10(12(17)7-11)2-4-15(23)21-8-13(18)14(9-21)22-6-5-19-20-22/h1,3,5-7,13-14H,2,4,8-9,18H2/t13-,14+/m1/s1. The fourth-order valence-corrected chi connectivity index (χ4v) is 3.32. The summed E-state index contributed by atoms with van der Waals surface area (Å²) in [5.41, 5.74) is 7.05. The van der Waals surface area contributed by atoms with E-state index in [9.17, 15) is 4.79 Å². The largest absolute Gasteiger partial charge is 0.339 e. The summed E-state index contributed by atoms with van der Waals surface area (Å²) >= 11 is 12.0. The molecule has 1 fully saturated rings. The molecule has 1 aliphatic rings. The zero-order valence-corrected chi connectivity index (χ0v) is 13.9. The predicted octanol–water partition coefficient (Wildman–Crippen LogP) is 1.93. The van der Waals surface area contributed by atoms with Gasteiger partial charge in [0.05, 0.1) is 12.2 Å². The van der Waals surface area contributed by atoms with Crippen LogP contribution in [0.3, 0.4) is 0 Å². The van der Waals surface area contributed by atoms with Gasteiger partial charge in [0.15, 0.2) is 0 Å². The highest BCUT2D eigenvalue weighted by Crippen LogP contribution is 2.24. The van der Waals surface area contributed by atoms with Crippen molar-refractivity contribution in [2.45, 2.75) is 24.9 Å². The molecule has 2 atom stereocenters. The Morgan fingerprint density at radius 3 is 2.87 bits per heavy atom. The maximum atomic E-state index is 12.4. The van der Waals surface area contributed by atoms with Crippen LogP contribution in [0.15, 0.2) is 30.6 Å². The van der Waals surface area contributed by atoms with E-state index < -0.39 is 0 Å². The van der Waals surface area contributed by atoms with Gasteiger partial charge in [-0.25, -0.2) is 4.68 Å². The average Bonchev–Trinajstić information content (AvgIpc) is 3.15. The molecule has 0 spiro atoms. The first-order valence-corrected chi connectivity index (χ1v) is 8.13. The first-order valence-electron chi connectivity index (χ1n) is 7.37. The van der Waals surface area contributed by atoms with Gasteiger partial charge in [-0.2, -0.15) is 0 Å². The predicted molar refractivity (Wildman–Crippen MR) is 88.4 cm³/mol. The van der Waals surface area contributed by atoms with Crippen molar-refractivity contribution in [1.29, 1.82) is 0 Å². The Morgan fingerprint density at radius 1 is 1.35 bits per heavy atom. The van der Waals surface area contributed by atoms with Gasteiger partial charge >= 0.3 is 0 Å². The minimum absolute atomic E-state index is 0.0273. The number of amides is 1.